The van der Waals surface area contributed by atoms with Crippen LogP contribution in [0.5, 0.6) is 0 Å². The van der Waals surface area contributed by atoms with Gasteiger partial charge in [-0.1, -0.05) is 34.6 Å². The average Bonchev–Trinajstić information content (AvgIpc) is 3.07. The number of carbonyl (C=O) groups is 1. The second kappa shape index (κ2) is 18.3. The summed E-state index contributed by atoms with van der Waals surface area (Å²) >= 11 is 0. The Kier molecular flexibility index (Phi) is 16.0. The van der Waals surface area contributed by atoms with Crippen molar-refractivity contribution in [1.82, 2.24) is 5.32 Å². The van der Waals surface area contributed by atoms with E-state index in [0.717, 1.165) is 0 Å². The molecule has 3 heterocycles. The number of cyclic esters (lactones) is 1. The van der Waals surface area contributed by atoms with Crippen LogP contribution in [0.25, 0.3) is 0 Å². The Hall–Kier alpha value is -1.01. The molecular weight excluding hydrogens is 676 g/mol. The van der Waals surface area contributed by atoms with Gasteiger partial charge in [-0.05, 0) is 72.6 Å². The number of rotatable bonds is 9. The molecule has 3 aliphatic heterocycles. The molecular formula is C38H72N2O12. The SMILES string of the molecule is CC[C@H]1OC(=O)[C@H](C)[C@@H](OC2CC(C)(OC)C(O)C(C)O2)C(C)[C@@H](OC2OC(C)CC(C)C2O)[C@](C)(O)C[C@@H](C)[C@H](NCCN)[C@H](C)[C@@H](O)[C@]1(C)O. The van der Waals surface area contributed by atoms with Gasteiger partial charge >= 0.3 is 5.97 Å². The van der Waals surface area contributed by atoms with E-state index in [-0.39, 0.29) is 37.2 Å². The molecule has 306 valence electrons. The van der Waals surface area contributed by atoms with Crippen molar-refractivity contribution in [3.05, 3.63) is 0 Å². The molecule has 14 heteroatoms. The first-order valence-electron chi connectivity index (χ1n) is 19.4. The van der Waals surface area contributed by atoms with Crippen LogP contribution in [0.4, 0.5) is 0 Å². The lowest BCUT2D eigenvalue weighted by Gasteiger charge is -2.49. The average molecular weight is 749 g/mol. The Morgan fingerprint density at radius 2 is 1.54 bits per heavy atom. The number of nitrogens with two attached hydrogens (primary N) is 1. The van der Waals surface area contributed by atoms with E-state index in [2.05, 4.69) is 5.32 Å². The van der Waals surface area contributed by atoms with Crippen LogP contribution < -0.4 is 11.1 Å². The maximum atomic E-state index is 14.2. The van der Waals surface area contributed by atoms with E-state index >= 15 is 0 Å². The van der Waals surface area contributed by atoms with E-state index in [9.17, 15) is 30.3 Å². The zero-order valence-corrected chi connectivity index (χ0v) is 33.7. The largest absolute Gasteiger partial charge is 0.459 e. The summed E-state index contributed by atoms with van der Waals surface area (Å²) in [6, 6.07) is -0.443. The number of esters is 1. The Bertz CT molecular complexity index is 1130. The zero-order chi connectivity index (χ0) is 39.5. The monoisotopic (exact) mass is 749 g/mol. The lowest BCUT2D eigenvalue weighted by Crippen LogP contribution is -2.61. The lowest BCUT2D eigenvalue weighted by molar-refractivity contribution is -0.318. The van der Waals surface area contributed by atoms with Gasteiger partial charge in [0.05, 0.1) is 47.6 Å². The molecule has 0 aromatic heterocycles. The van der Waals surface area contributed by atoms with Crippen molar-refractivity contribution in [2.24, 2.45) is 35.3 Å². The van der Waals surface area contributed by atoms with Crippen molar-refractivity contribution in [1.29, 1.82) is 0 Å². The number of aliphatic hydroxyl groups is 5. The third-order valence-corrected chi connectivity index (χ3v) is 12.3. The van der Waals surface area contributed by atoms with E-state index < -0.39 is 102 Å². The predicted octanol–water partition coefficient (Wildman–Crippen LogP) is 1.84. The summed E-state index contributed by atoms with van der Waals surface area (Å²) in [7, 11) is 1.50. The van der Waals surface area contributed by atoms with Crippen molar-refractivity contribution in [2.75, 3.05) is 20.2 Å². The molecule has 0 spiro atoms. The highest BCUT2D eigenvalue weighted by Gasteiger charge is 2.53. The number of nitrogens with one attached hydrogen (secondary N) is 1. The lowest BCUT2D eigenvalue weighted by atomic mass is 9.72. The van der Waals surface area contributed by atoms with Gasteiger partial charge < -0.3 is 65.0 Å². The van der Waals surface area contributed by atoms with Crippen LogP contribution in [0.1, 0.15) is 102 Å². The molecule has 3 saturated heterocycles. The van der Waals surface area contributed by atoms with Gasteiger partial charge in [0.1, 0.15) is 23.9 Å². The molecule has 3 fully saturated rings. The molecule has 0 saturated carbocycles. The first kappa shape index (κ1) is 45.4. The molecule has 9 unspecified atom stereocenters. The first-order chi connectivity index (χ1) is 24.1. The Balaban J connectivity index is 2.20. The number of ether oxygens (including phenoxy) is 6. The smallest absolute Gasteiger partial charge is 0.311 e. The van der Waals surface area contributed by atoms with Gasteiger partial charge in [-0.2, -0.15) is 0 Å². The highest BCUT2D eigenvalue weighted by Crippen LogP contribution is 2.41. The van der Waals surface area contributed by atoms with Gasteiger partial charge in [-0.15, -0.1) is 0 Å². The van der Waals surface area contributed by atoms with E-state index in [0.29, 0.717) is 19.5 Å². The van der Waals surface area contributed by atoms with Gasteiger partial charge in [-0.25, -0.2) is 0 Å². The van der Waals surface area contributed by atoms with Gasteiger partial charge in [-0.3, -0.25) is 4.79 Å². The highest BCUT2D eigenvalue weighted by molar-refractivity contribution is 5.73. The van der Waals surface area contributed by atoms with Crippen LogP contribution in [0.15, 0.2) is 0 Å². The third-order valence-electron chi connectivity index (χ3n) is 12.3. The number of hydrogen-bond acceptors (Lipinski definition) is 14. The topological polar surface area (TPSA) is 212 Å². The zero-order valence-electron chi connectivity index (χ0n) is 33.7. The van der Waals surface area contributed by atoms with Crippen LogP contribution in [0.3, 0.4) is 0 Å². The summed E-state index contributed by atoms with van der Waals surface area (Å²) < 4.78 is 37.4. The standard InChI is InChI=1S/C38H72N2O12/c1-13-26-38(11,46)31(42)22(5)28(40-15-14-39)20(3)17-36(9,45)33(52-35-29(41)19(2)16-21(4)48-35)23(6)30(24(7)34(44)50-26)51-27-18-37(10,47-12)32(43)25(8)49-27/h19-33,35,40-43,45-46H,13-18,39H2,1-12H3/t19?,20-,21?,22+,23?,24-,25?,26-,27?,28+,29?,30+,31-,32?,33-,35?,36-,37?,38-/m1/s1. The van der Waals surface area contributed by atoms with Gasteiger partial charge in [0.25, 0.3) is 0 Å². The molecule has 0 aromatic rings. The summed E-state index contributed by atoms with van der Waals surface area (Å²) in [4.78, 5) is 14.2. The quantitative estimate of drug-likeness (QED) is 0.168. The van der Waals surface area contributed by atoms with Crippen molar-refractivity contribution < 1.29 is 58.7 Å². The molecule has 0 amide bonds. The maximum Gasteiger partial charge on any atom is 0.311 e. The predicted molar refractivity (Wildman–Crippen MR) is 194 cm³/mol. The van der Waals surface area contributed by atoms with Crippen LogP contribution in [0, 0.1) is 29.6 Å². The van der Waals surface area contributed by atoms with Crippen LogP contribution in [-0.4, -0.2) is 136 Å². The maximum absolute atomic E-state index is 14.2. The molecule has 19 atom stereocenters. The van der Waals surface area contributed by atoms with Crippen LogP contribution in [0.2, 0.25) is 0 Å². The number of hydrogen-bond donors (Lipinski definition) is 7. The molecule has 14 nitrogen and oxygen atoms in total. The van der Waals surface area contributed by atoms with E-state index in [1.165, 1.54) is 14.0 Å². The Morgan fingerprint density at radius 1 is 0.904 bits per heavy atom. The van der Waals surface area contributed by atoms with Gasteiger partial charge in [0.15, 0.2) is 12.6 Å². The minimum atomic E-state index is -1.84. The van der Waals surface area contributed by atoms with Crippen molar-refractivity contribution in [3.8, 4) is 0 Å². The normalized spacial score (nSPS) is 50.3. The fourth-order valence-electron chi connectivity index (χ4n) is 9.00. The summed E-state index contributed by atoms with van der Waals surface area (Å²) in [5.41, 5.74) is 1.40. The number of aliphatic hydroxyl groups excluding tert-OH is 3. The van der Waals surface area contributed by atoms with Crippen LogP contribution in [-0.2, 0) is 33.2 Å². The molecule has 0 aliphatic carbocycles. The number of carbonyl (C=O) groups excluding carboxylic acids is 1. The minimum Gasteiger partial charge on any atom is -0.459 e. The molecule has 3 aliphatic rings. The van der Waals surface area contributed by atoms with E-state index in [1.807, 2.05) is 34.6 Å². The summed E-state index contributed by atoms with van der Waals surface area (Å²) in [5, 5.41) is 61.8. The molecule has 52 heavy (non-hydrogen) atoms. The van der Waals surface area contributed by atoms with E-state index in [4.69, 9.17) is 34.2 Å². The van der Waals surface area contributed by atoms with Crippen LogP contribution >= 0.6 is 0 Å². The fraction of sp³-hybridized carbons (Fsp3) is 0.974. The van der Waals surface area contributed by atoms with Crippen molar-refractivity contribution in [3.63, 3.8) is 0 Å². The fourth-order valence-corrected chi connectivity index (χ4v) is 9.00. The number of methoxy groups -OCH3 is 1. The summed E-state index contributed by atoms with van der Waals surface area (Å²) in [6.07, 6.45) is -8.25. The van der Waals surface area contributed by atoms with E-state index in [1.54, 1.807) is 34.6 Å². The van der Waals surface area contributed by atoms with Crippen molar-refractivity contribution in [2.45, 2.75) is 186 Å². The third kappa shape index (κ3) is 10.0. The summed E-state index contributed by atoms with van der Waals surface area (Å²) in [5.74, 6) is -3.49. The van der Waals surface area contributed by atoms with Gasteiger partial charge in [0, 0.05) is 44.5 Å². The Morgan fingerprint density at radius 3 is 2.12 bits per heavy atom. The highest BCUT2D eigenvalue weighted by atomic mass is 16.7. The summed E-state index contributed by atoms with van der Waals surface area (Å²) in [6.45, 7) is 20.2. The second-order valence-corrected chi connectivity index (χ2v) is 16.9. The second-order valence-electron chi connectivity index (χ2n) is 16.9. The molecule has 0 bridgehead atoms. The molecule has 3 rings (SSSR count). The molecule has 0 aromatic carbocycles. The van der Waals surface area contributed by atoms with Crippen molar-refractivity contribution >= 4 is 5.97 Å². The first-order valence-corrected chi connectivity index (χ1v) is 19.4. The molecule has 8 N–H and O–H groups in total. The molecule has 0 radical (unpaired) electrons. The Labute approximate surface area is 311 Å². The minimum absolute atomic E-state index is 0.128. The van der Waals surface area contributed by atoms with Gasteiger partial charge in [0.2, 0.25) is 0 Å².